The number of nitrogens with zero attached hydrogens (tertiary/aromatic N) is 1. The van der Waals surface area contributed by atoms with Crippen molar-refractivity contribution in [3.63, 3.8) is 0 Å². The highest BCUT2D eigenvalue weighted by Crippen LogP contribution is 2.28. The molecule has 0 aliphatic heterocycles. The van der Waals surface area contributed by atoms with E-state index in [1.807, 2.05) is 0 Å². The van der Waals surface area contributed by atoms with Gasteiger partial charge in [0.1, 0.15) is 11.8 Å². The van der Waals surface area contributed by atoms with E-state index in [2.05, 4.69) is 5.32 Å². The van der Waals surface area contributed by atoms with E-state index in [0.29, 0.717) is 21.8 Å². The van der Waals surface area contributed by atoms with Crippen LogP contribution in [0.2, 0.25) is 5.02 Å². The summed E-state index contributed by atoms with van der Waals surface area (Å²) in [6.07, 6.45) is 0.863. The first-order valence-corrected chi connectivity index (χ1v) is 9.86. The zero-order chi connectivity index (χ0) is 20.4. The second-order valence-electron chi connectivity index (χ2n) is 5.67. The SMILES string of the molecule is COc1ccc(NC(=O)[C@@H](C)N(c2ccc(F)c(F)c2)S(C)(=O)=O)cc1Cl. The highest BCUT2D eigenvalue weighted by molar-refractivity contribution is 7.92. The van der Waals surface area contributed by atoms with Crippen molar-refractivity contribution in [2.75, 3.05) is 23.0 Å². The third-order valence-electron chi connectivity index (χ3n) is 3.67. The van der Waals surface area contributed by atoms with Crippen molar-refractivity contribution < 1.29 is 26.7 Å². The minimum Gasteiger partial charge on any atom is -0.495 e. The number of hydrogen-bond acceptors (Lipinski definition) is 4. The van der Waals surface area contributed by atoms with E-state index < -0.39 is 33.6 Å². The molecule has 146 valence electrons. The molecule has 0 fully saturated rings. The van der Waals surface area contributed by atoms with Gasteiger partial charge in [-0.1, -0.05) is 11.6 Å². The van der Waals surface area contributed by atoms with Gasteiger partial charge in [0, 0.05) is 11.8 Å². The summed E-state index contributed by atoms with van der Waals surface area (Å²) in [6.45, 7) is 1.32. The predicted molar refractivity (Wildman–Crippen MR) is 99.8 cm³/mol. The van der Waals surface area contributed by atoms with Crippen molar-refractivity contribution in [2.24, 2.45) is 0 Å². The van der Waals surface area contributed by atoms with E-state index in [9.17, 15) is 22.0 Å². The van der Waals surface area contributed by atoms with E-state index >= 15 is 0 Å². The summed E-state index contributed by atoms with van der Waals surface area (Å²) in [6, 6.07) is 5.83. The Balaban J connectivity index is 2.32. The van der Waals surface area contributed by atoms with Crippen molar-refractivity contribution in [1.82, 2.24) is 0 Å². The van der Waals surface area contributed by atoms with Crippen LogP contribution >= 0.6 is 11.6 Å². The van der Waals surface area contributed by atoms with Crippen LogP contribution in [0.1, 0.15) is 6.92 Å². The number of halogens is 3. The molecule has 2 rings (SSSR count). The molecule has 0 spiro atoms. The number of methoxy groups -OCH3 is 1. The van der Waals surface area contributed by atoms with Crippen molar-refractivity contribution in [1.29, 1.82) is 0 Å². The molecule has 1 atom stereocenters. The summed E-state index contributed by atoms with van der Waals surface area (Å²) in [5.74, 6) is -2.64. The number of carbonyl (C=O) groups is 1. The first-order valence-electron chi connectivity index (χ1n) is 7.63. The van der Waals surface area contributed by atoms with Crippen LogP contribution < -0.4 is 14.4 Å². The number of hydrogen-bond donors (Lipinski definition) is 1. The second kappa shape index (κ2) is 8.10. The van der Waals surface area contributed by atoms with Gasteiger partial charge >= 0.3 is 0 Å². The lowest BCUT2D eigenvalue weighted by Gasteiger charge is -2.28. The third kappa shape index (κ3) is 4.86. The maximum Gasteiger partial charge on any atom is 0.247 e. The fourth-order valence-electron chi connectivity index (χ4n) is 2.42. The Labute approximate surface area is 160 Å². The zero-order valence-electron chi connectivity index (χ0n) is 14.7. The third-order valence-corrected chi connectivity index (χ3v) is 5.20. The molecular weight excluding hydrogens is 402 g/mol. The number of anilines is 2. The zero-order valence-corrected chi connectivity index (χ0v) is 16.2. The highest BCUT2D eigenvalue weighted by Gasteiger charge is 2.30. The standard InChI is InChI=1S/C17H17ClF2N2O4S/c1-10(17(23)21-11-4-7-16(26-2)13(18)8-11)22(27(3,24)25)12-5-6-14(19)15(20)9-12/h4-10H,1-3H3,(H,21,23)/t10-/m1/s1. The van der Waals surface area contributed by atoms with E-state index in [1.165, 1.54) is 32.2 Å². The van der Waals surface area contributed by atoms with Crippen molar-refractivity contribution in [3.8, 4) is 5.75 Å². The molecule has 0 aliphatic rings. The number of benzene rings is 2. The van der Waals surface area contributed by atoms with Gasteiger partial charge in [0.05, 0.1) is 24.1 Å². The van der Waals surface area contributed by atoms with Gasteiger partial charge in [-0.05, 0) is 37.3 Å². The van der Waals surface area contributed by atoms with Crippen LogP contribution in [0.3, 0.4) is 0 Å². The van der Waals surface area contributed by atoms with Gasteiger partial charge in [0.25, 0.3) is 0 Å². The summed E-state index contributed by atoms with van der Waals surface area (Å²) in [7, 11) is -2.53. The Morgan fingerprint density at radius 3 is 2.37 bits per heavy atom. The van der Waals surface area contributed by atoms with Gasteiger partial charge in [-0.25, -0.2) is 17.2 Å². The summed E-state index contributed by atoms with van der Waals surface area (Å²) in [5, 5.41) is 2.78. The largest absolute Gasteiger partial charge is 0.495 e. The van der Waals surface area contributed by atoms with Gasteiger partial charge in [0.15, 0.2) is 11.6 Å². The summed E-state index contributed by atoms with van der Waals surface area (Å²) in [5.41, 5.74) is 0.142. The second-order valence-corrected chi connectivity index (χ2v) is 7.94. The lowest BCUT2D eigenvalue weighted by atomic mass is 10.2. The molecule has 10 heteroatoms. The number of carbonyl (C=O) groups excluding carboxylic acids is 1. The van der Waals surface area contributed by atoms with E-state index in [4.69, 9.17) is 16.3 Å². The monoisotopic (exact) mass is 418 g/mol. The highest BCUT2D eigenvalue weighted by atomic mass is 35.5. The van der Waals surface area contributed by atoms with Gasteiger partial charge in [-0.15, -0.1) is 0 Å². The van der Waals surface area contributed by atoms with Crippen LogP contribution in [-0.2, 0) is 14.8 Å². The number of sulfonamides is 1. The lowest BCUT2D eigenvalue weighted by Crippen LogP contribution is -2.45. The van der Waals surface area contributed by atoms with E-state index in [1.54, 1.807) is 0 Å². The molecule has 27 heavy (non-hydrogen) atoms. The fourth-order valence-corrected chi connectivity index (χ4v) is 3.85. The van der Waals surface area contributed by atoms with Crippen molar-refractivity contribution in [3.05, 3.63) is 53.1 Å². The topological polar surface area (TPSA) is 75.7 Å². The molecule has 1 amide bonds. The number of ether oxygens (including phenoxy) is 1. The first kappa shape index (κ1) is 20.9. The average molecular weight is 419 g/mol. The molecule has 0 saturated heterocycles. The smallest absolute Gasteiger partial charge is 0.247 e. The van der Waals surface area contributed by atoms with E-state index in [0.717, 1.165) is 18.4 Å². The van der Waals surface area contributed by atoms with Crippen LogP contribution in [0.5, 0.6) is 5.75 Å². The number of rotatable bonds is 6. The fraction of sp³-hybridized carbons (Fsp3) is 0.235. The molecule has 6 nitrogen and oxygen atoms in total. The normalized spacial score (nSPS) is 12.4. The molecular formula is C17H17ClF2N2O4S. The molecule has 0 radical (unpaired) electrons. The average Bonchev–Trinajstić information content (AvgIpc) is 2.57. The van der Waals surface area contributed by atoms with Gasteiger partial charge in [-0.2, -0.15) is 0 Å². The quantitative estimate of drug-likeness (QED) is 0.779. The number of amides is 1. The first-order chi connectivity index (χ1) is 12.5. The molecule has 2 aromatic carbocycles. The Morgan fingerprint density at radius 2 is 1.85 bits per heavy atom. The van der Waals surface area contributed by atoms with Gasteiger partial charge < -0.3 is 10.1 Å². The lowest BCUT2D eigenvalue weighted by molar-refractivity contribution is -0.116. The minimum absolute atomic E-state index is 0.174. The van der Waals surface area contributed by atoms with Crippen LogP contribution in [0, 0.1) is 11.6 Å². The molecule has 0 aliphatic carbocycles. The Hall–Kier alpha value is -2.39. The minimum atomic E-state index is -3.97. The molecule has 1 N–H and O–H groups in total. The Kier molecular flexibility index (Phi) is 6.27. The van der Waals surface area contributed by atoms with Crippen LogP contribution in [-0.4, -0.2) is 33.7 Å². The maximum atomic E-state index is 13.5. The summed E-state index contributed by atoms with van der Waals surface area (Å²) in [4.78, 5) is 12.5. The molecule has 2 aromatic rings. The maximum absolute atomic E-state index is 13.5. The summed E-state index contributed by atoms with van der Waals surface area (Å²) >= 11 is 6.00. The van der Waals surface area contributed by atoms with Crippen molar-refractivity contribution >= 4 is 38.9 Å². The predicted octanol–water partition coefficient (Wildman–Crippen LogP) is 3.42. The molecule has 0 unspecified atom stereocenters. The van der Waals surface area contributed by atoms with Gasteiger partial charge in [0.2, 0.25) is 15.9 Å². The van der Waals surface area contributed by atoms with Gasteiger partial charge in [-0.3, -0.25) is 9.10 Å². The number of nitrogens with one attached hydrogen (secondary N) is 1. The van der Waals surface area contributed by atoms with Crippen LogP contribution in [0.25, 0.3) is 0 Å². The van der Waals surface area contributed by atoms with Crippen LogP contribution in [0.4, 0.5) is 20.2 Å². The summed E-state index contributed by atoms with van der Waals surface area (Å²) < 4.78 is 56.7. The molecule has 0 aromatic heterocycles. The molecule has 0 bridgehead atoms. The molecule has 0 heterocycles. The van der Waals surface area contributed by atoms with E-state index in [-0.39, 0.29) is 10.7 Å². The Bertz CT molecular complexity index is 969. The van der Waals surface area contributed by atoms with Crippen LogP contribution in [0.15, 0.2) is 36.4 Å². The molecule has 0 saturated carbocycles. The van der Waals surface area contributed by atoms with Crippen molar-refractivity contribution in [2.45, 2.75) is 13.0 Å². The Morgan fingerprint density at radius 1 is 1.19 bits per heavy atom.